The van der Waals surface area contributed by atoms with E-state index >= 15 is 0 Å². The minimum atomic E-state index is -4.12. The molecule has 1 heterocycles. The fourth-order valence-corrected chi connectivity index (χ4v) is 3.47. The minimum Gasteiger partial charge on any atom is -0.465 e. The van der Waals surface area contributed by atoms with Crippen molar-refractivity contribution in [3.8, 4) is 0 Å². The third-order valence-corrected chi connectivity index (χ3v) is 5.35. The highest BCUT2D eigenvalue weighted by molar-refractivity contribution is 9.10. The van der Waals surface area contributed by atoms with E-state index in [4.69, 9.17) is 0 Å². The van der Waals surface area contributed by atoms with Crippen LogP contribution in [0.3, 0.4) is 0 Å². The lowest BCUT2D eigenvalue weighted by atomic mass is 10.2. The van der Waals surface area contributed by atoms with E-state index in [-0.39, 0.29) is 22.3 Å². The second kappa shape index (κ2) is 7.52. The summed E-state index contributed by atoms with van der Waals surface area (Å²) in [7, 11) is -3.01. The molecule has 10 heteroatoms. The van der Waals surface area contributed by atoms with Gasteiger partial charge in [-0.1, -0.05) is 22.9 Å². The molecule has 136 valence electrons. The normalized spacial score (nSPS) is 12.7. The molecule has 0 spiro atoms. The van der Waals surface area contributed by atoms with Gasteiger partial charge < -0.3 is 9.30 Å². The molecule has 7 nitrogen and oxygen atoms in total. The molecule has 0 radical (unpaired) electrons. The number of halogens is 2. The van der Waals surface area contributed by atoms with Gasteiger partial charge in [0.05, 0.1) is 24.7 Å². The summed E-state index contributed by atoms with van der Waals surface area (Å²) < 4.78 is 47.9. The van der Waals surface area contributed by atoms with Gasteiger partial charge in [-0.05, 0) is 25.5 Å². The van der Waals surface area contributed by atoms with E-state index in [2.05, 4.69) is 30.4 Å². The summed E-state index contributed by atoms with van der Waals surface area (Å²) in [5, 5.41) is -0.244. The number of esters is 1. The van der Waals surface area contributed by atoms with E-state index in [1.165, 1.54) is 24.7 Å². The maximum Gasteiger partial charge on any atom is 0.340 e. The van der Waals surface area contributed by atoms with Gasteiger partial charge in [0.1, 0.15) is 0 Å². The number of sulfonamides is 1. The molecule has 0 saturated carbocycles. The van der Waals surface area contributed by atoms with Crippen LogP contribution >= 0.6 is 15.9 Å². The van der Waals surface area contributed by atoms with Crippen LogP contribution in [0.2, 0.25) is 0 Å². The van der Waals surface area contributed by atoms with Crippen molar-refractivity contribution in [1.29, 1.82) is 0 Å². The highest BCUT2D eigenvalue weighted by Crippen LogP contribution is 2.27. The monoisotopic (exact) mass is 433 g/mol. The number of rotatable bonds is 6. The first-order valence-corrected chi connectivity index (χ1v) is 9.60. The van der Waals surface area contributed by atoms with Crippen LogP contribution in [0.1, 0.15) is 36.7 Å². The summed E-state index contributed by atoms with van der Waals surface area (Å²) in [4.78, 5) is 15.5. The molecule has 0 aliphatic rings. The van der Waals surface area contributed by atoms with Crippen molar-refractivity contribution in [1.82, 2.24) is 9.55 Å². The molecule has 0 fully saturated rings. The molecule has 2 aromatic rings. The van der Waals surface area contributed by atoms with Crippen molar-refractivity contribution in [3.63, 3.8) is 0 Å². The van der Waals surface area contributed by atoms with E-state index < -0.39 is 21.8 Å². The average Bonchev–Trinajstić information content (AvgIpc) is 3.07. The Morgan fingerprint density at radius 1 is 1.48 bits per heavy atom. The summed E-state index contributed by atoms with van der Waals surface area (Å²) in [5.41, 5.74) is -0.771. The van der Waals surface area contributed by atoms with Gasteiger partial charge in [0.15, 0.2) is 10.8 Å². The molecule has 0 aliphatic heterocycles. The number of hydrogen-bond acceptors (Lipinski definition) is 5. The van der Waals surface area contributed by atoms with Crippen LogP contribution < -0.4 is 4.72 Å². The minimum absolute atomic E-state index is 0.0741. The highest BCUT2D eigenvalue weighted by atomic mass is 79.9. The number of carbonyl (C=O) groups excluding carboxylic acids is 1. The quantitative estimate of drug-likeness (QED) is 0.705. The van der Waals surface area contributed by atoms with Crippen LogP contribution in [0.4, 0.5) is 10.1 Å². The average molecular weight is 434 g/mol. The van der Waals surface area contributed by atoms with Crippen molar-refractivity contribution in [2.75, 3.05) is 11.8 Å². The number of hydrogen-bond donors (Lipinski definition) is 1. The van der Waals surface area contributed by atoms with Crippen LogP contribution in [0.15, 0.2) is 34.2 Å². The van der Waals surface area contributed by atoms with E-state index in [0.29, 0.717) is 4.47 Å². The maximum absolute atomic E-state index is 14.4. The lowest BCUT2D eigenvalue weighted by Gasteiger charge is -2.11. The number of benzene rings is 1. The van der Waals surface area contributed by atoms with Crippen LogP contribution in [-0.2, 0) is 14.8 Å². The Morgan fingerprint density at radius 3 is 2.76 bits per heavy atom. The molecule has 25 heavy (non-hydrogen) atoms. The number of carbonyl (C=O) groups is 1. The zero-order chi connectivity index (χ0) is 18.8. The summed E-state index contributed by atoms with van der Waals surface area (Å²) in [6.45, 7) is 3.88. The van der Waals surface area contributed by atoms with Gasteiger partial charge in [-0.15, -0.1) is 0 Å². The Balaban J connectivity index is 2.39. The van der Waals surface area contributed by atoms with Gasteiger partial charge >= 0.3 is 5.97 Å². The van der Waals surface area contributed by atoms with Gasteiger partial charge in [0.2, 0.25) is 0 Å². The van der Waals surface area contributed by atoms with E-state index in [1.807, 2.05) is 13.8 Å². The number of anilines is 1. The van der Waals surface area contributed by atoms with Gasteiger partial charge in [-0.2, -0.15) is 8.42 Å². The Bertz CT molecular complexity index is 898. The number of nitrogens with one attached hydrogen (secondary N) is 1. The molecule has 1 N–H and O–H groups in total. The van der Waals surface area contributed by atoms with E-state index in [1.54, 1.807) is 4.57 Å². The molecular weight excluding hydrogens is 417 g/mol. The highest BCUT2D eigenvalue weighted by Gasteiger charge is 2.23. The third kappa shape index (κ3) is 4.18. The molecule has 0 saturated heterocycles. The van der Waals surface area contributed by atoms with Crippen molar-refractivity contribution in [3.05, 3.63) is 40.5 Å². The Hall–Kier alpha value is -1.94. The first-order chi connectivity index (χ1) is 11.7. The van der Waals surface area contributed by atoms with Crippen molar-refractivity contribution >= 4 is 37.6 Å². The Labute approximate surface area is 153 Å². The predicted molar refractivity (Wildman–Crippen MR) is 93.5 cm³/mol. The number of methoxy groups -OCH3 is 1. The van der Waals surface area contributed by atoms with Crippen LogP contribution in [-0.4, -0.2) is 31.0 Å². The largest absolute Gasteiger partial charge is 0.465 e. The zero-order valence-electron chi connectivity index (χ0n) is 13.8. The molecule has 0 aliphatic carbocycles. The smallest absolute Gasteiger partial charge is 0.340 e. The molecule has 0 bridgehead atoms. The second-order valence-corrected chi connectivity index (χ2v) is 7.87. The Morgan fingerprint density at radius 2 is 2.16 bits per heavy atom. The topological polar surface area (TPSA) is 90.3 Å². The van der Waals surface area contributed by atoms with Crippen molar-refractivity contribution in [2.24, 2.45) is 0 Å². The standard InChI is InChI=1S/C15H17BrFN3O4S/c1-4-9(2)20-7-13(18-8-20)25(22,23)19-12-6-10(16)5-11(14(12)17)15(21)24-3/h5-9,19H,4H2,1-3H3. The lowest BCUT2D eigenvalue weighted by molar-refractivity contribution is 0.0595. The first kappa shape index (κ1) is 19.4. The maximum atomic E-state index is 14.4. The fourth-order valence-electron chi connectivity index (χ4n) is 2.03. The molecule has 2 rings (SSSR count). The van der Waals surface area contributed by atoms with Gasteiger partial charge in [-0.25, -0.2) is 14.2 Å². The van der Waals surface area contributed by atoms with Gasteiger partial charge in [0.25, 0.3) is 10.0 Å². The van der Waals surface area contributed by atoms with E-state index in [0.717, 1.165) is 13.5 Å². The van der Waals surface area contributed by atoms with Crippen molar-refractivity contribution < 1.29 is 22.3 Å². The number of nitrogens with zero attached hydrogens (tertiary/aromatic N) is 2. The number of ether oxygens (including phenoxy) is 1. The third-order valence-electron chi connectivity index (χ3n) is 3.64. The summed E-state index contributed by atoms with van der Waals surface area (Å²) >= 11 is 3.11. The molecule has 1 aromatic heterocycles. The van der Waals surface area contributed by atoms with Gasteiger partial charge in [-0.3, -0.25) is 4.72 Å². The second-order valence-electron chi connectivity index (χ2n) is 5.33. The number of aromatic nitrogens is 2. The summed E-state index contributed by atoms with van der Waals surface area (Å²) in [6.07, 6.45) is 3.57. The molecule has 0 amide bonds. The van der Waals surface area contributed by atoms with Crippen LogP contribution in [0.5, 0.6) is 0 Å². The molecular formula is C15H17BrFN3O4S. The Kier molecular flexibility index (Phi) is 5.83. The summed E-state index contributed by atoms with van der Waals surface area (Å²) in [5.74, 6) is -1.94. The molecule has 1 unspecified atom stereocenters. The fraction of sp³-hybridized carbons (Fsp3) is 0.333. The van der Waals surface area contributed by atoms with Crippen LogP contribution in [0.25, 0.3) is 0 Å². The van der Waals surface area contributed by atoms with Gasteiger partial charge in [0, 0.05) is 16.7 Å². The zero-order valence-corrected chi connectivity index (χ0v) is 16.2. The summed E-state index contributed by atoms with van der Waals surface area (Å²) in [6, 6.07) is 2.49. The number of imidazole rings is 1. The first-order valence-electron chi connectivity index (χ1n) is 7.33. The SMILES string of the molecule is CCC(C)n1cnc(S(=O)(=O)Nc2cc(Br)cc(C(=O)OC)c2F)c1. The van der Waals surface area contributed by atoms with E-state index in [9.17, 15) is 17.6 Å². The predicted octanol–water partition coefficient (Wildman–Crippen LogP) is 3.34. The van der Waals surface area contributed by atoms with Crippen LogP contribution in [0, 0.1) is 5.82 Å². The molecule has 1 atom stereocenters. The van der Waals surface area contributed by atoms with Crippen molar-refractivity contribution in [2.45, 2.75) is 31.3 Å². The molecule has 1 aromatic carbocycles. The lowest BCUT2D eigenvalue weighted by Crippen LogP contribution is -2.16.